The molecule has 4 rings (SSSR count). The zero-order chi connectivity index (χ0) is 20.9. The highest BCUT2D eigenvalue weighted by atomic mass is 35.5. The average Bonchev–Trinajstić information content (AvgIpc) is 2.99. The number of hydrogen-bond donors (Lipinski definition) is 0. The Balaban J connectivity index is 2.01. The summed E-state index contributed by atoms with van der Waals surface area (Å²) in [5.74, 6) is 0. The number of hydrogen-bond acceptors (Lipinski definition) is 2. The molecular weight excluding hydrogens is 469 g/mol. The molecule has 2 heterocycles. The molecule has 0 bridgehead atoms. The summed E-state index contributed by atoms with van der Waals surface area (Å²) in [6.07, 6.45) is -4.70. The number of rotatable bonds is 2. The Bertz CT molecular complexity index is 1250. The summed E-state index contributed by atoms with van der Waals surface area (Å²) in [5, 5.41) is 4.89. The summed E-state index contributed by atoms with van der Waals surface area (Å²) in [6, 6.07) is 11.8. The van der Waals surface area contributed by atoms with Gasteiger partial charge in [0.25, 0.3) is 0 Å². The fourth-order valence-electron chi connectivity index (χ4n) is 2.82. The van der Waals surface area contributed by atoms with Crippen LogP contribution in [0.15, 0.2) is 48.5 Å². The molecule has 0 aliphatic heterocycles. The first-order valence-electron chi connectivity index (χ1n) is 8.03. The molecule has 0 amide bonds. The van der Waals surface area contributed by atoms with Crippen molar-refractivity contribution in [3.8, 4) is 22.5 Å². The number of fused-ring (bicyclic) bond motifs is 1. The van der Waals surface area contributed by atoms with Gasteiger partial charge in [0.15, 0.2) is 11.3 Å². The third-order valence-electron chi connectivity index (χ3n) is 4.14. The van der Waals surface area contributed by atoms with Gasteiger partial charge in [0.05, 0.1) is 15.7 Å². The van der Waals surface area contributed by atoms with Gasteiger partial charge in [-0.3, -0.25) is 0 Å². The van der Waals surface area contributed by atoms with E-state index >= 15 is 0 Å². The van der Waals surface area contributed by atoms with Crippen LogP contribution in [0.1, 0.15) is 5.69 Å². The fourth-order valence-corrected chi connectivity index (χ4v) is 3.57. The Labute approximate surface area is 182 Å². The lowest BCUT2D eigenvalue weighted by Crippen LogP contribution is -2.13. The van der Waals surface area contributed by atoms with Gasteiger partial charge in [-0.15, -0.1) is 0 Å². The zero-order valence-electron chi connectivity index (χ0n) is 14.1. The molecule has 0 unspecified atom stereocenters. The van der Waals surface area contributed by atoms with E-state index in [1.54, 1.807) is 24.3 Å². The van der Waals surface area contributed by atoms with Crippen molar-refractivity contribution in [3.63, 3.8) is 0 Å². The van der Waals surface area contributed by atoms with Crippen LogP contribution in [0.3, 0.4) is 0 Å². The summed E-state index contributed by atoms with van der Waals surface area (Å²) >= 11 is 24.3. The van der Waals surface area contributed by atoms with Crippen molar-refractivity contribution in [2.45, 2.75) is 6.18 Å². The van der Waals surface area contributed by atoms with Crippen LogP contribution in [0.2, 0.25) is 20.1 Å². The van der Waals surface area contributed by atoms with Crippen molar-refractivity contribution in [1.82, 2.24) is 14.6 Å². The van der Waals surface area contributed by atoms with Gasteiger partial charge in [-0.25, -0.2) is 9.50 Å². The van der Waals surface area contributed by atoms with Crippen molar-refractivity contribution < 1.29 is 13.2 Å². The first-order valence-corrected chi connectivity index (χ1v) is 9.54. The van der Waals surface area contributed by atoms with Crippen LogP contribution in [-0.4, -0.2) is 14.6 Å². The summed E-state index contributed by atoms with van der Waals surface area (Å²) in [4.78, 5) is 4.30. The molecule has 0 aliphatic carbocycles. The molecule has 148 valence electrons. The number of nitrogens with zero attached hydrogens (tertiary/aromatic N) is 3. The number of aromatic nitrogens is 3. The zero-order valence-corrected chi connectivity index (χ0v) is 17.1. The summed E-state index contributed by atoms with van der Waals surface area (Å²) in [6.45, 7) is 0. The molecule has 2 aromatic carbocycles. The van der Waals surface area contributed by atoms with Crippen LogP contribution in [-0.2, 0) is 6.18 Å². The van der Waals surface area contributed by atoms with E-state index in [1.165, 1.54) is 18.2 Å². The maximum atomic E-state index is 13.8. The molecule has 0 saturated heterocycles. The lowest BCUT2D eigenvalue weighted by molar-refractivity contribution is -0.142. The molecule has 29 heavy (non-hydrogen) atoms. The Morgan fingerprint density at radius 2 is 1.59 bits per heavy atom. The van der Waals surface area contributed by atoms with Crippen LogP contribution in [0.4, 0.5) is 13.2 Å². The Kier molecular flexibility index (Phi) is 5.15. The van der Waals surface area contributed by atoms with E-state index < -0.39 is 11.9 Å². The quantitative estimate of drug-likeness (QED) is 0.296. The van der Waals surface area contributed by atoms with Gasteiger partial charge in [0, 0.05) is 16.1 Å². The number of halogens is 7. The van der Waals surface area contributed by atoms with Crippen molar-refractivity contribution in [2.24, 2.45) is 0 Å². The van der Waals surface area contributed by atoms with Gasteiger partial charge in [-0.2, -0.15) is 18.3 Å². The molecule has 0 N–H and O–H groups in total. The van der Waals surface area contributed by atoms with Crippen molar-refractivity contribution in [3.05, 3.63) is 74.3 Å². The third kappa shape index (κ3) is 3.78. The molecule has 10 heteroatoms. The predicted octanol–water partition coefficient (Wildman–Crippen LogP) is 7.70. The SMILES string of the molecule is FC(F)(F)c1cc(-c2cccc(Cl)c2)nc2c(Cl)c(-c3ccc(Cl)c(Cl)c3)nn12. The van der Waals surface area contributed by atoms with Gasteiger partial charge < -0.3 is 0 Å². The van der Waals surface area contributed by atoms with Crippen LogP contribution in [0, 0.1) is 0 Å². The third-order valence-corrected chi connectivity index (χ3v) is 5.46. The maximum Gasteiger partial charge on any atom is 0.433 e. The summed E-state index contributed by atoms with van der Waals surface area (Å²) < 4.78 is 41.9. The topological polar surface area (TPSA) is 30.2 Å². The maximum absolute atomic E-state index is 13.8. The van der Waals surface area contributed by atoms with Gasteiger partial charge in [-0.1, -0.05) is 64.6 Å². The highest BCUT2D eigenvalue weighted by molar-refractivity contribution is 6.42. The second-order valence-corrected chi connectivity index (χ2v) is 7.69. The van der Waals surface area contributed by atoms with E-state index in [9.17, 15) is 13.2 Å². The van der Waals surface area contributed by atoms with E-state index in [2.05, 4.69) is 10.1 Å². The molecule has 0 fully saturated rings. The normalized spacial score (nSPS) is 12.0. The van der Waals surface area contributed by atoms with Crippen molar-refractivity contribution >= 4 is 52.1 Å². The molecule has 2 aromatic heterocycles. The standard InChI is InChI=1S/C19H8Cl4F3N3/c20-11-3-1-2-9(6-11)14-8-15(19(24,25)26)29-18(27-14)16(23)17(28-29)10-4-5-12(21)13(22)7-10/h1-8H. The molecule has 0 spiro atoms. The van der Waals surface area contributed by atoms with E-state index in [-0.39, 0.29) is 27.1 Å². The van der Waals surface area contributed by atoms with Gasteiger partial charge in [-0.05, 0) is 30.3 Å². The van der Waals surface area contributed by atoms with E-state index in [0.29, 0.717) is 25.7 Å². The second-order valence-electron chi connectivity index (χ2n) is 6.06. The van der Waals surface area contributed by atoms with E-state index in [4.69, 9.17) is 46.4 Å². The Morgan fingerprint density at radius 3 is 2.24 bits per heavy atom. The largest absolute Gasteiger partial charge is 0.433 e. The lowest BCUT2D eigenvalue weighted by Gasteiger charge is -2.11. The van der Waals surface area contributed by atoms with Crippen LogP contribution < -0.4 is 0 Å². The molecule has 0 radical (unpaired) electrons. The monoisotopic (exact) mass is 475 g/mol. The Morgan fingerprint density at radius 1 is 0.828 bits per heavy atom. The van der Waals surface area contributed by atoms with E-state index in [0.717, 1.165) is 6.07 Å². The minimum atomic E-state index is -4.70. The summed E-state index contributed by atoms with van der Waals surface area (Å²) in [5.41, 5.74) is -0.171. The lowest BCUT2D eigenvalue weighted by atomic mass is 10.1. The molecule has 0 atom stereocenters. The van der Waals surface area contributed by atoms with Crippen LogP contribution >= 0.6 is 46.4 Å². The smallest absolute Gasteiger partial charge is 0.227 e. The van der Waals surface area contributed by atoms with Crippen LogP contribution in [0.5, 0.6) is 0 Å². The van der Waals surface area contributed by atoms with Crippen molar-refractivity contribution in [1.29, 1.82) is 0 Å². The molecule has 0 saturated carbocycles. The van der Waals surface area contributed by atoms with Crippen molar-refractivity contribution in [2.75, 3.05) is 0 Å². The molecule has 0 aliphatic rings. The van der Waals surface area contributed by atoms with Crippen LogP contribution in [0.25, 0.3) is 28.2 Å². The Hall–Kier alpha value is -1.99. The average molecular weight is 477 g/mol. The fraction of sp³-hybridized carbons (Fsp3) is 0.0526. The van der Waals surface area contributed by atoms with Gasteiger partial charge >= 0.3 is 6.18 Å². The molecule has 4 aromatic rings. The first-order chi connectivity index (χ1) is 13.6. The highest BCUT2D eigenvalue weighted by Gasteiger charge is 2.36. The second kappa shape index (κ2) is 7.36. The molecular formula is C19H8Cl4F3N3. The first kappa shape index (κ1) is 20.3. The molecule has 3 nitrogen and oxygen atoms in total. The van der Waals surface area contributed by atoms with Gasteiger partial charge in [0.2, 0.25) is 0 Å². The minimum Gasteiger partial charge on any atom is -0.227 e. The number of benzene rings is 2. The van der Waals surface area contributed by atoms with Gasteiger partial charge in [0.1, 0.15) is 10.7 Å². The van der Waals surface area contributed by atoms with E-state index in [1.807, 2.05) is 0 Å². The number of alkyl halides is 3. The highest BCUT2D eigenvalue weighted by Crippen LogP contribution is 2.38. The minimum absolute atomic E-state index is 0.0437. The summed E-state index contributed by atoms with van der Waals surface area (Å²) in [7, 11) is 0. The predicted molar refractivity (Wildman–Crippen MR) is 109 cm³/mol.